The highest BCUT2D eigenvalue weighted by Gasteiger charge is 2.07. The molecule has 2 aromatic rings. The number of hydrogen-bond acceptors (Lipinski definition) is 3. The summed E-state index contributed by atoms with van der Waals surface area (Å²) in [6.07, 6.45) is 0.587. The molecule has 24 heavy (non-hydrogen) atoms. The fourth-order valence-electron chi connectivity index (χ4n) is 2.05. The first-order valence-corrected chi connectivity index (χ1v) is 7.32. The smallest absolute Gasteiger partial charge is 0.333 e. The average molecular weight is 331 g/mol. The molecule has 7 heteroatoms. The van der Waals surface area contributed by atoms with Crippen LogP contribution in [0.5, 0.6) is 5.75 Å². The summed E-state index contributed by atoms with van der Waals surface area (Å²) in [7, 11) is 1.59. The van der Waals surface area contributed by atoms with Crippen LogP contribution >= 0.6 is 0 Å². The number of nitrogens with one attached hydrogen (secondary N) is 3. The lowest BCUT2D eigenvalue weighted by Crippen LogP contribution is -2.47. The van der Waals surface area contributed by atoms with Gasteiger partial charge in [0.15, 0.2) is 0 Å². The number of carbonyl (C=O) groups excluding carboxylic acids is 2. The molecular weight excluding hydrogens is 313 g/mol. The van der Waals surface area contributed by atoms with E-state index in [4.69, 9.17) is 4.74 Å². The molecule has 0 saturated carbocycles. The zero-order valence-electron chi connectivity index (χ0n) is 13.1. The van der Waals surface area contributed by atoms with Gasteiger partial charge in [0, 0.05) is 12.1 Å². The fraction of sp³-hybridized carbons (Fsp3) is 0.176. The van der Waals surface area contributed by atoms with Crippen molar-refractivity contribution >= 4 is 11.9 Å². The maximum absolute atomic E-state index is 12.8. The van der Waals surface area contributed by atoms with E-state index in [0.29, 0.717) is 13.0 Å². The van der Waals surface area contributed by atoms with Crippen LogP contribution in [-0.2, 0) is 6.42 Å². The monoisotopic (exact) mass is 331 g/mol. The van der Waals surface area contributed by atoms with Crippen molar-refractivity contribution in [1.82, 2.24) is 16.2 Å². The minimum Gasteiger partial charge on any atom is -0.496 e. The first kappa shape index (κ1) is 17.3. The van der Waals surface area contributed by atoms with Gasteiger partial charge in [-0.15, -0.1) is 0 Å². The SMILES string of the molecule is COc1ccccc1CCNC(=O)NNC(=O)c1ccc(F)cc1. The van der Waals surface area contributed by atoms with Gasteiger partial charge in [-0.25, -0.2) is 14.6 Å². The molecule has 0 heterocycles. The largest absolute Gasteiger partial charge is 0.496 e. The normalized spacial score (nSPS) is 9.92. The predicted molar refractivity (Wildman–Crippen MR) is 87.1 cm³/mol. The highest BCUT2D eigenvalue weighted by atomic mass is 19.1. The van der Waals surface area contributed by atoms with E-state index in [2.05, 4.69) is 16.2 Å². The summed E-state index contributed by atoms with van der Waals surface area (Å²) in [5.41, 5.74) is 5.69. The van der Waals surface area contributed by atoms with Crippen molar-refractivity contribution in [2.24, 2.45) is 0 Å². The molecule has 6 nitrogen and oxygen atoms in total. The van der Waals surface area contributed by atoms with E-state index in [-0.39, 0.29) is 5.56 Å². The Morgan fingerprint density at radius 1 is 1.04 bits per heavy atom. The van der Waals surface area contributed by atoms with Gasteiger partial charge in [-0.1, -0.05) is 18.2 Å². The van der Waals surface area contributed by atoms with Gasteiger partial charge in [0.05, 0.1) is 7.11 Å². The number of hydrazine groups is 1. The third-order valence-electron chi connectivity index (χ3n) is 3.27. The van der Waals surface area contributed by atoms with Crippen molar-refractivity contribution in [3.63, 3.8) is 0 Å². The lowest BCUT2D eigenvalue weighted by atomic mass is 10.1. The molecule has 2 aromatic carbocycles. The molecule has 0 aliphatic rings. The maximum Gasteiger partial charge on any atom is 0.333 e. The highest BCUT2D eigenvalue weighted by Crippen LogP contribution is 2.17. The first-order valence-electron chi connectivity index (χ1n) is 7.32. The van der Waals surface area contributed by atoms with E-state index < -0.39 is 17.8 Å². The highest BCUT2D eigenvalue weighted by molar-refractivity contribution is 5.95. The second kappa shape index (κ2) is 8.52. The van der Waals surface area contributed by atoms with Crippen LogP contribution in [0.15, 0.2) is 48.5 Å². The quantitative estimate of drug-likeness (QED) is 0.734. The minimum atomic E-state index is -0.541. The zero-order chi connectivity index (χ0) is 17.4. The van der Waals surface area contributed by atoms with Gasteiger partial charge in [0.1, 0.15) is 11.6 Å². The third kappa shape index (κ3) is 4.98. The molecule has 0 aromatic heterocycles. The number of ether oxygens (including phenoxy) is 1. The van der Waals surface area contributed by atoms with Crippen LogP contribution in [0.2, 0.25) is 0 Å². The zero-order valence-corrected chi connectivity index (χ0v) is 13.1. The molecule has 3 N–H and O–H groups in total. The van der Waals surface area contributed by atoms with Crippen molar-refractivity contribution < 1.29 is 18.7 Å². The van der Waals surface area contributed by atoms with Crippen LogP contribution in [0.25, 0.3) is 0 Å². The maximum atomic E-state index is 12.8. The number of para-hydroxylation sites is 1. The Labute approximate surface area is 139 Å². The third-order valence-corrected chi connectivity index (χ3v) is 3.27. The summed E-state index contributed by atoms with van der Waals surface area (Å²) >= 11 is 0. The van der Waals surface area contributed by atoms with Gasteiger partial charge in [0.25, 0.3) is 5.91 Å². The summed E-state index contributed by atoms with van der Waals surface area (Å²) in [6.45, 7) is 0.374. The van der Waals surface area contributed by atoms with Crippen molar-refractivity contribution in [1.29, 1.82) is 0 Å². The number of amides is 3. The number of methoxy groups -OCH3 is 1. The number of benzene rings is 2. The molecule has 0 aliphatic carbocycles. The van der Waals surface area contributed by atoms with Crippen LogP contribution in [0.3, 0.4) is 0 Å². The minimum absolute atomic E-state index is 0.241. The Balaban J connectivity index is 1.73. The molecule has 0 atom stereocenters. The molecule has 0 radical (unpaired) electrons. The van der Waals surface area contributed by atoms with E-state index in [0.717, 1.165) is 11.3 Å². The summed E-state index contributed by atoms with van der Waals surface area (Å²) in [6, 6.07) is 12.0. The van der Waals surface area contributed by atoms with E-state index in [1.807, 2.05) is 24.3 Å². The van der Waals surface area contributed by atoms with Gasteiger partial charge in [0.2, 0.25) is 0 Å². The van der Waals surface area contributed by atoms with Gasteiger partial charge < -0.3 is 10.1 Å². The molecule has 2 rings (SSSR count). The standard InChI is InChI=1S/C17H18FN3O3/c1-24-15-5-3-2-4-12(15)10-11-19-17(23)21-20-16(22)13-6-8-14(18)9-7-13/h2-9H,10-11H2,1H3,(H,20,22)(H2,19,21,23). The molecule has 126 valence electrons. The Morgan fingerprint density at radius 3 is 2.46 bits per heavy atom. The summed E-state index contributed by atoms with van der Waals surface area (Å²) in [4.78, 5) is 23.4. The van der Waals surface area contributed by atoms with Crippen LogP contribution in [0.4, 0.5) is 9.18 Å². The molecule has 0 spiro atoms. The molecular formula is C17H18FN3O3. The Kier molecular flexibility index (Phi) is 6.13. The number of urea groups is 1. The van der Waals surface area contributed by atoms with Crippen LogP contribution < -0.4 is 20.9 Å². The second-order valence-corrected chi connectivity index (χ2v) is 4.90. The Bertz CT molecular complexity index is 704. The molecule has 0 aliphatic heterocycles. The Hall–Kier alpha value is -3.09. The van der Waals surface area contributed by atoms with Gasteiger partial charge in [-0.2, -0.15) is 0 Å². The van der Waals surface area contributed by atoms with Crippen LogP contribution in [-0.4, -0.2) is 25.6 Å². The molecule has 0 unspecified atom stereocenters. The van der Waals surface area contributed by atoms with Gasteiger partial charge in [-0.3, -0.25) is 10.2 Å². The topological polar surface area (TPSA) is 79.5 Å². The average Bonchev–Trinajstić information content (AvgIpc) is 2.60. The van der Waals surface area contributed by atoms with Crippen molar-refractivity contribution in [3.05, 3.63) is 65.5 Å². The number of carbonyl (C=O) groups is 2. The summed E-state index contributed by atoms with van der Waals surface area (Å²) in [5, 5.41) is 2.62. The first-order chi connectivity index (χ1) is 11.6. The van der Waals surface area contributed by atoms with E-state index in [1.54, 1.807) is 7.11 Å². The molecule has 0 bridgehead atoms. The molecule has 0 fully saturated rings. The number of halogens is 1. The number of rotatable bonds is 5. The van der Waals surface area contributed by atoms with Crippen molar-refractivity contribution in [3.8, 4) is 5.75 Å². The van der Waals surface area contributed by atoms with E-state index >= 15 is 0 Å². The van der Waals surface area contributed by atoms with Crippen LogP contribution in [0.1, 0.15) is 15.9 Å². The van der Waals surface area contributed by atoms with Gasteiger partial charge >= 0.3 is 6.03 Å². The van der Waals surface area contributed by atoms with Gasteiger partial charge in [-0.05, 0) is 42.3 Å². The van der Waals surface area contributed by atoms with Crippen molar-refractivity contribution in [2.45, 2.75) is 6.42 Å². The fourth-order valence-corrected chi connectivity index (χ4v) is 2.05. The number of hydrogen-bond donors (Lipinski definition) is 3. The van der Waals surface area contributed by atoms with Crippen LogP contribution in [0, 0.1) is 5.82 Å². The molecule has 0 saturated heterocycles. The van der Waals surface area contributed by atoms with E-state index in [1.165, 1.54) is 24.3 Å². The predicted octanol–water partition coefficient (Wildman–Crippen LogP) is 2.02. The van der Waals surface area contributed by atoms with E-state index in [9.17, 15) is 14.0 Å². The summed E-state index contributed by atoms with van der Waals surface area (Å²) in [5.74, 6) is -0.215. The Morgan fingerprint density at radius 2 is 1.75 bits per heavy atom. The molecule has 3 amide bonds. The lowest BCUT2D eigenvalue weighted by molar-refractivity contribution is 0.0936. The van der Waals surface area contributed by atoms with Crippen molar-refractivity contribution in [2.75, 3.05) is 13.7 Å². The summed E-state index contributed by atoms with van der Waals surface area (Å²) < 4.78 is 18.0. The lowest BCUT2D eigenvalue weighted by Gasteiger charge is -2.10. The second-order valence-electron chi connectivity index (χ2n) is 4.90.